The predicted octanol–water partition coefficient (Wildman–Crippen LogP) is 6.43. The monoisotopic (exact) mass is 453 g/mol. The van der Waals surface area contributed by atoms with Gasteiger partial charge in [0, 0.05) is 35.6 Å². The van der Waals surface area contributed by atoms with Crippen molar-refractivity contribution in [2.75, 3.05) is 13.7 Å². The predicted molar refractivity (Wildman–Crippen MR) is 129 cm³/mol. The third-order valence-corrected chi connectivity index (χ3v) is 5.58. The van der Waals surface area contributed by atoms with E-state index >= 15 is 0 Å². The standard InChI is InChI=1S/C27H32FNO4/c1-8-32-15-20-17(3)29-21(14-22(20)30)26-16(2)11-18(27(4,5)6)12-25(26)33-23-10-9-19(28)13-24(23)31-7/h9-14H,8,15H2,1-7H3,(H,29,30). The van der Waals surface area contributed by atoms with E-state index in [1.807, 2.05) is 26.8 Å². The number of hydrogen-bond acceptors (Lipinski definition) is 4. The summed E-state index contributed by atoms with van der Waals surface area (Å²) in [6.45, 7) is 12.9. The number of aromatic nitrogens is 1. The van der Waals surface area contributed by atoms with Crippen LogP contribution >= 0.6 is 0 Å². The summed E-state index contributed by atoms with van der Waals surface area (Å²) in [5, 5.41) is 0. The van der Waals surface area contributed by atoms with Crippen LogP contribution in [-0.4, -0.2) is 18.7 Å². The fourth-order valence-corrected chi connectivity index (χ4v) is 3.69. The summed E-state index contributed by atoms with van der Waals surface area (Å²) in [7, 11) is 1.47. The van der Waals surface area contributed by atoms with Gasteiger partial charge in [-0.05, 0) is 55.5 Å². The molecule has 0 radical (unpaired) electrons. The van der Waals surface area contributed by atoms with Gasteiger partial charge in [0.25, 0.3) is 0 Å². The van der Waals surface area contributed by atoms with Gasteiger partial charge in [-0.2, -0.15) is 0 Å². The minimum absolute atomic E-state index is 0.0979. The van der Waals surface area contributed by atoms with Crippen LogP contribution in [0.2, 0.25) is 0 Å². The van der Waals surface area contributed by atoms with Crippen LogP contribution in [0.3, 0.4) is 0 Å². The Morgan fingerprint density at radius 2 is 1.73 bits per heavy atom. The van der Waals surface area contributed by atoms with Gasteiger partial charge in [0.15, 0.2) is 16.9 Å². The molecule has 1 heterocycles. The SMILES string of the molecule is CCOCc1c(C)[nH]c(-c2c(C)cc(C(C)(C)C)cc2Oc2ccc(F)cc2OC)cc1=O. The Balaban J connectivity index is 2.21. The maximum absolute atomic E-state index is 13.7. The highest BCUT2D eigenvalue weighted by Crippen LogP contribution is 2.41. The Morgan fingerprint density at radius 1 is 1.00 bits per heavy atom. The molecule has 176 valence electrons. The molecular weight excluding hydrogens is 421 g/mol. The van der Waals surface area contributed by atoms with Crippen LogP contribution in [0.5, 0.6) is 17.2 Å². The van der Waals surface area contributed by atoms with Crippen molar-refractivity contribution in [3.05, 3.63) is 74.8 Å². The number of hydrogen-bond donors (Lipinski definition) is 1. The fourth-order valence-electron chi connectivity index (χ4n) is 3.69. The molecule has 0 saturated carbocycles. The van der Waals surface area contributed by atoms with Crippen molar-refractivity contribution in [1.82, 2.24) is 4.98 Å². The summed E-state index contributed by atoms with van der Waals surface area (Å²) in [6.07, 6.45) is 0. The average Bonchev–Trinajstić information content (AvgIpc) is 2.73. The number of H-pyrrole nitrogens is 1. The van der Waals surface area contributed by atoms with Crippen LogP contribution in [0.25, 0.3) is 11.3 Å². The molecule has 0 aliphatic carbocycles. The van der Waals surface area contributed by atoms with Crippen LogP contribution in [0.1, 0.15) is 50.1 Å². The molecule has 3 aromatic rings. The number of nitrogens with one attached hydrogen (secondary N) is 1. The van der Waals surface area contributed by atoms with E-state index in [2.05, 4.69) is 31.8 Å². The van der Waals surface area contributed by atoms with Crippen molar-refractivity contribution in [3.8, 4) is 28.5 Å². The summed E-state index contributed by atoms with van der Waals surface area (Å²) in [4.78, 5) is 16.2. The molecule has 5 nitrogen and oxygen atoms in total. The van der Waals surface area contributed by atoms with Crippen molar-refractivity contribution in [2.45, 2.75) is 53.6 Å². The molecule has 1 N–H and O–H groups in total. The van der Waals surface area contributed by atoms with E-state index < -0.39 is 5.82 Å². The first-order valence-corrected chi connectivity index (χ1v) is 11.0. The molecule has 0 fully saturated rings. The number of rotatable bonds is 7. The number of methoxy groups -OCH3 is 1. The molecule has 0 aliphatic heterocycles. The smallest absolute Gasteiger partial charge is 0.187 e. The molecule has 0 amide bonds. The zero-order chi connectivity index (χ0) is 24.3. The zero-order valence-corrected chi connectivity index (χ0v) is 20.4. The average molecular weight is 454 g/mol. The summed E-state index contributed by atoms with van der Waals surface area (Å²) < 4.78 is 30.8. The fraction of sp³-hybridized carbons (Fsp3) is 0.370. The number of benzene rings is 2. The van der Waals surface area contributed by atoms with Gasteiger partial charge in [-0.15, -0.1) is 0 Å². The Bertz CT molecular complexity index is 1210. The van der Waals surface area contributed by atoms with E-state index in [4.69, 9.17) is 14.2 Å². The lowest BCUT2D eigenvalue weighted by Crippen LogP contribution is -2.15. The molecule has 6 heteroatoms. The number of pyridine rings is 1. The van der Waals surface area contributed by atoms with Crippen LogP contribution in [0.4, 0.5) is 4.39 Å². The van der Waals surface area contributed by atoms with Crippen molar-refractivity contribution < 1.29 is 18.6 Å². The highest BCUT2D eigenvalue weighted by molar-refractivity contribution is 5.73. The molecule has 33 heavy (non-hydrogen) atoms. The van der Waals surface area contributed by atoms with E-state index in [0.29, 0.717) is 29.4 Å². The van der Waals surface area contributed by atoms with Crippen molar-refractivity contribution in [2.24, 2.45) is 0 Å². The second kappa shape index (κ2) is 9.79. The maximum atomic E-state index is 13.7. The lowest BCUT2D eigenvalue weighted by Gasteiger charge is -2.24. The maximum Gasteiger partial charge on any atom is 0.187 e. The molecule has 0 unspecified atom stereocenters. The minimum Gasteiger partial charge on any atom is -0.493 e. The van der Waals surface area contributed by atoms with Crippen molar-refractivity contribution in [1.29, 1.82) is 0 Å². The van der Waals surface area contributed by atoms with Gasteiger partial charge < -0.3 is 19.2 Å². The Hall–Kier alpha value is -3.12. The first-order valence-electron chi connectivity index (χ1n) is 11.0. The third kappa shape index (κ3) is 5.45. The minimum atomic E-state index is -0.413. The number of aryl methyl sites for hydroxylation is 2. The van der Waals surface area contributed by atoms with Gasteiger partial charge in [0.05, 0.1) is 19.4 Å². The lowest BCUT2D eigenvalue weighted by molar-refractivity contribution is 0.133. The van der Waals surface area contributed by atoms with Crippen LogP contribution in [0, 0.1) is 19.7 Å². The molecule has 2 aromatic carbocycles. The van der Waals surface area contributed by atoms with E-state index in [1.165, 1.54) is 25.3 Å². The topological polar surface area (TPSA) is 60.6 Å². The van der Waals surface area contributed by atoms with Gasteiger partial charge in [0.2, 0.25) is 0 Å². The highest BCUT2D eigenvalue weighted by atomic mass is 19.1. The van der Waals surface area contributed by atoms with E-state index in [-0.39, 0.29) is 23.2 Å². The quantitative estimate of drug-likeness (QED) is 0.448. The van der Waals surface area contributed by atoms with Crippen LogP contribution < -0.4 is 14.9 Å². The number of aromatic amines is 1. The summed E-state index contributed by atoms with van der Waals surface area (Å²) in [6, 6.07) is 9.79. The first-order chi connectivity index (χ1) is 15.5. The Labute approximate surface area is 194 Å². The molecule has 3 rings (SSSR count). The highest BCUT2D eigenvalue weighted by Gasteiger charge is 2.22. The Morgan fingerprint density at radius 3 is 2.33 bits per heavy atom. The molecule has 0 bridgehead atoms. The van der Waals surface area contributed by atoms with Gasteiger partial charge in [-0.1, -0.05) is 26.8 Å². The van der Waals surface area contributed by atoms with E-state index in [9.17, 15) is 9.18 Å². The van der Waals surface area contributed by atoms with Crippen LogP contribution in [0.15, 0.2) is 41.2 Å². The molecule has 0 saturated heterocycles. The zero-order valence-electron chi connectivity index (χ0n) is 20.4. The largest absolute Gasteiger partial charge is 0.493 e. The molecule has 0 spiro atoms. The summed E-state index contributed by atoms with van der Waals surface area (Å²) in [5.41, 5.74) is 4.56. The van der Waals surface area contributed by atoms with Crippen molar-refractivity contribution >= 4 is 0 Å². The first kappa shape index (κ1) is 24.5. The third-order valence-electron chi connectivity index (χ3n) is 5.58. The summed E-state index contributed by atoms with van der Waals surface area (Å²) in [5.74, 6) is 0.815. The molecule has 1 aromatic heterocycles. The van der Waals surface area contributed by atoms with Crippen LogP contribution in [-0.2, 0) is 16.8 Å². The van der Waals surface area contributed by atoms with Crippen molar-refractivity contribution in [3.63, 3.8) is 0 Å². The molecule has 0 aliphatic rings. The van der Waals surface area contributed by atoms with Gasteiger partial charge in [-0.25, -0.2) is 4.39 Å². The number of halogens is 1. The second-order valence-corrected chi connectivity index (χ2v) is 9.10. The van der Waals surface area contributed by atoms with Gasteiger partial charge >= 0.3 is 0 Å². The number of ether oxygens (including phenoxy) is 3. The van der Waals surface area contributed by atoms with Gasteiger partial charge in [-0.3, -0.25) is 4.79 Å². The summed E-state index contributed by atoms with van der Waals surface area (Å²) >= 11 is 0. The second-order valence-electron chi connectivity index (χ2n) is 9.10. The lowest BCUT2D eigenvalue weighted by atomic mass is 9.84. The molecular formula is C27H32FNO4. The van der Waals surface area contributed by atoms with Gasteiger partial charge in [0.1, 0.15) is 11.6 Å². The normalized spacial score (nSPS) is 11.5. The van der Waals surface area contributed by atoms with E-state index in [0.717, 1.165) is 22.4 Å². The van der Waals surface area contributed by atoms with E-state index in [1.54, 1.807) is 6.07 Å². The molecule has 0 atom stereocenters. The Kier molecular flexibility index (Phi) is 7.28.